The first kappa shape index (κ1) is 16.5. The highest BCUT2D eigenvalue weighted by Gasteiger charge is 2.22. The molecule has 0 N–H and O–H groups in total. The van der Waals surface area contributed by atoms with Crippen molar-refractivity contribution >= 4 is 16.6 Å². The molecule has 0 aliphatic heterocycles. The van der Waals surface area contributed by atoms with E-state index in [1.165, 1.54) is 13.2 Å². The van der Waals surface area contributed by atoms with Crippen LogP contribution in [0, 0.1) is 33.5 Å². The summed E-state index contributed by atoms with van der Waals surface area (Å²) in [7, 11) is 3.43. The zero-order chi connectivity index (χ0) is 18.7. The number of aromatic nitrogens is 5. The standard InChI is InChI=1S/C19H20FN5O/c1-9-16(12(4)24(5)23-9)19-22-11(3)18-10(2)21-17-14(20)7-13(26-6)8-15(17)25(18)19/h7-8H,1-6H3. The molecule has 0 radical (unpaired) electrons. The van der Waals surface area contributed by atoms with Crippen molar-refractivity contribution in [2.45, 2.75) is 27.7 Å². The van der Waals surface area contributed by atoms with E-state index in [0.29, 0.717) is 16.8 Å². The van der Waals surface area contributed by atoms with Crippen LogP contribution in [0.1, 0.15) is 22.8 Å². The third-order valence-electron chi connectivity index (χ3n) is 4.90. The summed E-state index contributed by atoms with van der Waals surface area (Å²) in [4.78, 5) is 9.28. The van der Waals surface area contributed by atoms with E-state index >= 15 is 0 Å². The molecule has 4 rings (SSSR count). The summed E-state index contributed by atoms with van der Waals surface area (Å²) in [5.41, 5.74) is 6.21. The van der Waals surface area contributed by atoms with Gasteiger partial charge in [-0.1, -0.05) is 0 Å². The Morgan fingerprint density at radius 3 is 2.31 bits per heavy atom. The van der Waals surface area contributed by atoms with E-state index in [9.17, 15) is 4.39 Å². The quantitative estimate of drug-likeness (QED) is 0.552. The Kier molecular flexibility index (Phi) is 3.50. The van der Waals surface area contributed by atoms with Crippen LogP contribution in [0.25, 0.3) is 27.9 Å². The van der Waals surface area contributed by atoms with Crippen LogP contribution in [-0.2, 0) is 7.05 Å². The monoisotopic (exact) mass is 353 g/mol. The summed E-state index contributed by atoms with van der Waals surface area (Å²) < 4.78 is 23.7. The van der Waals surface area contributed by atoms with Crippen LogP contribution in [-0.4, -0.2) is 31.3 Å². The minimum atomic E-state index is -0.415. The van der Waals surface area contributed by atoms with Crippen molar-refractivity contribution in [3.8, 4) is 17.1 Å². The van der Waals surface area contributed by atoms with Gasteiger partial charge in [-0.3, -0.25) is 9.08 Å². The fourth-order valence-corrected chi connectivity index (χ4v) is 3.63. The molecule has 4 aromatic rings. The summed E-state index contributed by atoms with van der Waals surface area (Å²) >= 11 is 0. The number of fused-ring (bicyclic) bond motifs is 3. The average molecular weight is 353 g/mol. The van der Waals surface area contributed by atoms with Gasteiger partial charge in [0.05, 0.1) is 40.8 Å². The van der Waals surface area contributed by atoms with E-state index < -0.39 is 5.82 Å². The predicted molar refractivity (Wildman–Crippen MR) is 98.2 cm³/mol. The third-order valence-corrected chi connectivity index (χ3v) is 4.90. The van der Waals surface area contributed by atoms with Gasteiger partial charge in [0.2, 0.25) is 0 Å². The lowest BCUT2D eigenvalue weighted by Gasteiger charge is -2.11. The van der Waals surface area contributed by atoms with Crippen molar-refractivity contribution < 1.29 is 9.13 Å². The van der Waals surface area contributed by atoms with Gasteiger partial charge in [0.25, 0.3) is 0 Å². The lowest BCUT2D eigenvalue weighted by Crippen LogP contribution is -2.01. The minimum absolute atomic E-state index is 0.300. The van der Waals surface area contributed by atoms with E-state index in [2.05, 4.69) is 10.1 Å². The molecule has 134 valence electrons. The van der Waals surface area contributed by atoms with E-state index in [-0.39, 0.29) is 0 Å². The van der Waals surface area contributed by atoms with Gasteiger partial charge in [0.15, 0.2) is 5.82 Å². The number of ether oxygens (including phenoxy) is 1. The highest BCUT2D eigenvalue weighted by atomic mass is 19.1. The van der Waals surface area contributed by atoms with Gasteiger partial charge in [0, 0.05) is 24.9 Å². The second-order valence-corrected chi connectivity index (χ2v) is 6.55. The van der Waals surface area contributed by atoms with Crippen LogP contribution in [0.2, 0.25) is 0 Å². The lowest BCUT2D eigenvalue weighted by molar-refractivity contribution is 0.412. The van der Waals surface area contributed by atoms with Crippen molar-refractivity contribution in [1.29, 1.82) is 0 Å². The summed E-state index contributed by atoms with van der Waals surface area (Å²) in [5, 5.41) is 4.51. The molecule has 1 aromatic carbocycles. The number of nitrogens with zero attached hydrogens (tertiary/aromatic N) is 5. The molecule has 0 aliphatic rings. The van der Waals surface area contributed by atoms with Gasteiger partial charge in [-0.25, -0.2) is 14.4 Å². The summed E-state index contributed by atoms with van der Waals surface area (Å²) in [6.45, 7) is 7.77. The Morgan fingerprint density at radius 1 is 1.00 bits per heavy atom. The molecule has 3 heterocycles. The highest BCUT2D eigenvalue weighted by molar-refractivity contribution is 5.85. The number of hydrogen-bond acceptors (Lipinski definition) is 4. The van der Waals surface area contributed by atoms with Crippen LogP contribution < -0.4 is 4.74 Å². The van der Waals surface area contributed by atoms with E-state index in [1.807, 2.05) is 43.8 Å². The van der Waals surface area contributed by atoms with Crippen LogP contribution in [0.5, 0.6) is 5.75 Å². The Balaban J connectivity index is 2.25. The fraction of sp³-hybridized carbons (Fsp3) is 0.316. The predicted octanol–water partition coefficient (Wildman–Crippen LogP) is 3.66. The molecule has 26 heavy (non-hydrogen) atoms. The number of hydrogen-bond donors (Lipinski definition) is 0. The molecule has 0 atom stereocenters. The number of halogens is 1. The smallest absolute Gasteiger partial charge is 0.154 e. The molecule has 3 aromatic heterocycles. The average Bonchev–Trinajstić information content (AvgIpc) is 3.05. The van der Waals surface area contributed by atoms with Gasteiger partial charge in [0.1, 0.15) is 17.1 Å². The summed E-state index contributed by atoms with van der Waals surface area (Å²) in [6, 6.07) is 3.15. The van der Waals surface area contributed by atoms with Gasteiger partial charge in [-0.2, -0.15) is 5.10 Å². The minimum Gasteiger partial charge on any atom is -0.497 e. The normalized spacial score (nSPS) is 11.7. The molecule has 0 unspecified atom stereocenters. The molecule has 0 fully saturated rings. The number of aryl methyl sites for hydroxylation is 4. The van der Waals surface area contributed by atoms with Crippen molar-refractivity contribution in [2.24, 2.45) is 7.05 Å². The molecular weight excluding hydrogens is 333 g/mol. The number of methoxy groups -OCH3 is 1. The van der Waals surface area contributed by atoms with Gasteiger partial charge in [-0.15, -0.1) is 0 Å². The molecule has 0 bridgehead atoms. The molecule has 0 spiro atoms. The first-order chi connectivity index (χ1) is 12.3. The largest absolute Gasteiger partial charge is 0.497 e. The van der Waals surface area contributed by atoms with E-state index in [1.54, 1.807) is 6.07 Å². The van der Waals surface area contributed by atoms with Crippen molar-refractivity contribution in [3.05, 3.63) is 40.7 Å². The van der Waals surface area contributed by atoms with Gasteiger partial charge >= 0.3 is 0 Å². The molecule has 0 aliphatic carbocycles. The maximum atomic E-state index is 14.7. The Morgan fingerprint density at radius 2 is 1.69 bits per heavy atom. The first-order valence-corrected chi connectivity index (χ1v) is 8.37. The van der Waals surface area contributed by atoms with Crippen LogP contribution in [0.3, 0.4) is 0 Å². The topological polar surface area (TPSA) is 57.2 Å². The number of imidazole rings is 1. The van der Waals surface area contributed by atoms with Crippen LogP contribution in [0.4, 0.5) is 4.39 Å². The van der Waals surface area contributed by atoms with Crippen LogP contribution >= 0.6 is 0 Å². The van der Waals surface area contributed by atoms with Gasteiger partial charge < -0.3 is 4.74 Å². The molecule has 7 heteroatoms. The first-order valence-electron chi connectivity index (χ1n) is 8.37. The summed E-state index contributed by atoms with van der Waals surface area (Å²) in [6.07, 6.45) is 0. The summed E-state index contributed by atoms with van der Waals surface area (Å²) in [5.74, 6) is 0.768. The fourth-order valence-electron chi connectivity index (χ4n) is 3.63. The second kappa shape index (κ2) is 5.52. The third kappa shape index (κ3) is 2.13. The lowest BCUT2D eigenvalue weighted by atomic mass is 10.1. The molecule has 0 saturated carbocycles. The van der Waals surface area contributed by atoms with Crippen molar-refractivity contribution in [3.63, 3.8) is 0 Å². The maximum absolute atomic E-state index is 14.7. The van der Waals surface area contributed by atoms with Gasteiger partial charge in [-0.05, 0) is 27.7 Å². The Bertz CT molecular complexity index is 1190. The van der Waals surface area contributed by atoms with E-state index in [4.69, 9.17) is 9.72 Å². The SMILES string of the molecule is COc1cc(F)c2nc(C)c3c(C)nc(-c4c(C)nn(C)c4C)n3c2c1. The van der Waals surface area contributed by atoms with E-state index in [0.717, 1.165) is 39.7 Å². The van der Waals surface area contributed by atoms with Crippen LogP contribution in [0.15, 0.2) is 12.1 Å². The van der Waals surface area contributed by atoms with Crippen molar-refractivity contribution in [2.75, 3.05) is 7.11 Å². The molecule has 6 nitrogen and oxygen atoms in total. The second-order valence-electron chi connectivity index (χ2n) is 6.55. The maximum Gasteiger partial charge on any atom is 0.154 e. The Labute approximate surface area is 150 Å². The van der Waals surface area contributed by atoms with Crippen molar-refractivity contribution in [1.82, 2.24) is 24.1 Å². The molecular formula is C19H20FN5O. The number of rotatable bonds is 2. The molecule has 0 amide bonds. The zero-order valence-corrected chi connectivity index (χ0v) is 15.7. The Hall–Kier alpha value is -2.96. The number of benzene rings is 1. The highest BCUT2D eigenvalue weighted by Crippen LogP contribution is 2.33. The molecule has 0 saturated heterocycles. The zero-order valence-electron chi connectivity index (χ0n) is 15.7.